The fraction of sp³-hybridized carbons (Fsp3) is 0.480. The Kier molecular flexibility index (Phi) is 6.63. The standard InChI is InChI=1S/C25H34N2O2/c1-6-19-13-10-14-21(15-19)22-17-27(16-20-11-8-7-9-12-20)18-23(22)26(5)24(28)29-25(2,3)4/h7-15,22-23H,6,16-18H2,1-5H3/t22-,23+/m1/s1. The van der Waals surface area contributed by atoms with Gasteiger partial charge < -0.3 is 9.64 Å². The Morgan fingerprint density at radius 2 is 1.76 bits per heavy atom. The van der Waals surface area contributed by atoms with Gasteiger partial charge in [-0.25, -0.2) is 4.79 Å². The molecule has 0 bridgehead atoms. The second-order valence-electron chi connectivity index (χ2n) is 9.04. The largest absolute Gasteiger partial charge is 0.444 e. The van der Waals surface area contributed by atoms with Crippen LogP contribution in [-0.4, -0.2) is 47.7 Å². The number of carbonyl (C=O) groups excluding carboxylic acids is 1. The monoisotopic (exact) mass is 394 g/mol. The predicted octanol–water partition coefficient (Wildman–Crippen LogP) is 5.08. The maximum absolute atomic E-state index is 12.8. The highest BCUT2D eigenvalue weighted by Gasteiger charge is 2.39. The Labute approximate surface area is 175 Å². The minimum atomic E-state index is -0.495. The van der Waals surface area contributed by atoms with Crippen LogP contribution in [0.5, 0.6) is 0 Å². The van der Waals surface area contributed by atoms with Gasteiger partial charge in [-0.3, -0.25) is 4.90 Å². The van der Waals surface area contributed by atoms with Gasteiger partial charge in [0, 0.05) is 32.6 Å². The third-order valence-electron chi connectivity index (χ3n) is 5.58. The molecule has 4 heteroatoms. The highest BCUT2D eigenvalue weighted by atomic mass is 16.6. The number of hydrogen-bond acceptors (Lipinski definition) is 3. The Morgan fingerprint density at radius 3 is 2.41 bits per heavy atom. The summed E-state index contributed by atoms with van der Waals surface area (Å²) < 4.78 is 5.66. The number of nitrogens with zero attached hydrogens (tertiary/aromatic N) is 2. The van der Waals surface area contributed by atoms with Crippen molar-refractivity contribution in [2.24, 2.45) is 0 Å². The molecule has 0 saturated carbocycles. The maximum atomic E-state index is 12.8. The molecule has 0 spiro atoms. The van der Waals surface area contributed by atoms with Crippen LogP contribution in [0, 0.1) is 0 Å². The second kappa shape index (κ2) is 9.00. The predicted molar refractivity (Wildman–Crippen MR) is 118 cm³/mol. The lowest BCUT2D eigenvalue weighted by atomic mass is 9.92. The van der Waals surface area contributed by atoms with Crippen molar-refractivity contribution in [3.8, 4) is 0 Å². The molecule has 2 aromatic rings. The Balaban J connectivity index is 1.83. The van der Waals surface area contributed by atoms with Gasteiger partial charge in [0.2, 0.25) is 0 Å². The number of likely N-dealkylation sites (N-methyl/N-ethyl adjacent to an activating group) is 1. The molecule has 2 aromatic carbocycles. The molecule has 0 unspecified atom stereocenters. The van der Waals surface area contributed by atoms with Crippen LogP contribution >= 0.6 is 0 Å². The van der Waals surface area contributed by atoms with Crippen LogP contribution in [0.2, 0.25) is 0 Å². The normalized spacial score (nSPS) is 19.9. The smallest absolute Gasteiger partial charge is 0.410 e. The summed E-state index contributed by atoms with van der Waals surface area (Å²) in [7, 11) is 1.88. The van der Waals surface area contributed by atoms with Gasteiger partial charge >= 0.3 is 6.09 Å². The van der Waals surface area contributed by atoms with Gasteiger partial charge in [0.15, 0.2) is 0 Å². The van der Waals surface area contributed by atoms with Crippen LogP contribution in [0.4, 0.5) is 4.79 Å². The molecule has 1 fully saturated rings. The topological polar surface area (TPSA) is 32.8 Å². The third kappa shape index (κ3) is 5.60. The third-order valence-corrected chi connectivity index (χ3v) is 5.58. The lowest BCUT2D eigenvalue weighted by Gasteiger charge is -2.31. The summed E-state index contributed by atoms with van der Waals surface area (Å²) in [5.41, 5.74) is 3.45. The average Bonchev–Trinajstić information content (AvgIpc) is 3.10. The van der Waals surface area contributed by atoms with Crippen molar-refractivity contribution >= 4 is 6.09 Å². The number of hydrogen-bond donors (Lipinski definition) is 0. The summed E-state index contributed by atoms with van der Waals surface area (Å²) in [5, 5.41) is 0. The van der Waals surface area contributed by atoms with E-state index >= 15 is 0 Å². The van der Waals surface area contributed by atoms with E-state index in [1.807, 2.05) is 33.9 Å². The molecule has 3 rings (SSSR count). The summed E-state index contributed by atoms with van der Waals surface area (Å²) >= 11 is 0. The van der Waals surface area contributed by atoms with E-state index < -0.39 is 5.60 Å². The van der Waals surface area contributed by atoms with E-state index in [9.17, 15) is 4.79 Å². The molecule has 1 heterocycles. The van der Waals surface area contributed by atoms with E-state index in [2.05, 4.69) is 60.4 Å². The average molecular weight is 395 g/mol. The molecule has 2 atom stereocenters. The zero-order chi connectivity index (χ0) is 21.0. The minimum absolute atomic E-state index is 0.0840. The molecule has 4 nitrogen and oxygen atoms in total. The van der Waals surface area contributed by atoms with E-state index in [0.29, 0.717) is 0 Å². The number of carbonyl (C=O) groups is 1. The fourth-order valence-corrected chi connectivity index (χ4v) is 4.07. The molecule has 1 aliphatic heterocycles. The summed E-state index contributed by atoms with van der Waals surface area (Å²) in [4.78, 5) is 17.0. The quantitative estimate of drug-likeness (QED) is 0.709. The van der Waals surface area contributed by atoms with Crippen LogP contribution in [0.3, 0.4) is 0 Å². The van der Waals surface area contributed by atoms with Crippen LogP contribution in [0.25, 0.3) is 0 Å². The summed E-state index contributed by atoms with van der Waals surface area (Å²) in [6.45, 7) is 10.6. The molecule has 156 valence electrons. The van der Waals surface area contributed by atoms with Crippen LogP contribution in [0.1, 0.15) is 50.3 Å². The van der Waals surface area contributed by atoms with E-state index in [-0.39, 0.29) is 18.1 Å². The van der Waals surface area contributed by atoms with E-state index in [1.54, 1.807) is 4.90 Å². The molecular formula is C25H34N2O2. The summed E-state index contributed by atoms with van der Waals surface area (Å²) in [6.07, 6.45) is 0.765. The maximum Gasteiger partial charge on any atom is 0.410 e. The lowest BCUT2D eigenvalue weighted by Crippen LogP contribution is -2.44. The molecule has 29 heavy (non-hydrogen) atoms. The Bertz CT molecular complexity index is 813. The van der Waals surface area contributed by atoms with Gasteiger partial charge in [-0.1, -0.05) is 61.5 Å². The second-order valence-corrected chi connectivity index (χ2v) is 9.04. The molecule has 0 aliphatic carbocycles. The first-order valence-corrected chi connectivity index (χ1v) is 10.6. The van der Waals surface area contributed by atoms with Crippen molar-refractivity contribution in [2.75, 3.05) is 20.1 Å². The van der Waals surface area contributed by atoms with Gasteiger partial charge in [0.05, 0.1) is 6.04 Å². The molecule has 1 amide bonds. The fourth-order valence-electron chi connectivity index (χ4n) is 4.07. The van der Waals surface area contributed by atoms with Crippen LogP contribution < -0.4 is 0 Å². The number of likely N-dealkylation sites (tertiary alicyclic amines) is 1. The highest BCUT2D eigenvalue weighted by Crippen LogP contribution is 2.33. The van der Waals surface area contributed by atoms with E-state index in [4.69, 9.17) is 4.74 Å². The van der Waals surface area contributed by atoms with Crippen molar-refractivity contribution in [3.05, 3.63) is 71.3 Å². The van der Waals surface area contributed by atoms with Crippen molar-refractivity contribution < 1.29 is 9.53 Å². The summed E-state index contributed by atoms with van der Waals surface area (Å²) in [6, 6.07) is 19.4. The number of rotatable bonds is 5. The number of amides is 1. The summed E-state index contributed by atoms with van der Waals surface area (Å²) in [5.74, 6) is 0.266. The van der Waals surface area contributed by atoms with Gasteiger partial charge in [0.25, 0.3) is 0 Å². The minimum Gasteiger partial charge on any atom is -0.444 e. The van der Waals surface area contributed by atoms with Crippen molar-refractivity contribution in [1.82, 2.24) is 9.80 Å². The van der Waals surface area contributed by atoms with Crippen LogP contribution in [0.15, 0.2) is 54.6 Å². The van der Waals surface area contributed by atoms with Gasteiger partial charge in [-0.2, -0.15) is 0 Å². The first-order valence-electron chi connectivity index (χ1n) is 10.6. The first kappa shape index (κ1) is 21.4. The van der Waals surface area contributed by atoms with Gasteiger partial charge in [-0.05, 0) is 43.9 Å². The van der Waals surface area contributed by atoms with E-state index in [0.717, 1.165) is 26.1 Å². The van der Waals surface area contributed by atoms with E-state index in [1.165, 1.54) is 16.7 Å². The molecule has 1 aliphatic rings. The Morgan fingerprint density at radius 1 is 1.07 bits per heavy atom. The highest BCUT2D eigenvalue weighted by molar-refractivity contribution is 5.68. The number of ether oxygens (including phenoxy) is 1. The number of aryl methyl sites for hydroxylation is 1. The first-order chi connectivity index (χ1) is 13.8. The molecular weight excluding hydrogens is 360 g/mol. The molecule has 1 saturated heterocycles. The molecule has 0 radical (unpaired) electrons. The molecule has 0 aromatic heterocycles. The van der Waals surface area contributed by atoms with Gasteiger partial charge in [0.1, 0.15) is 5.60 Å². The van der Waals surface area contributed by atoms with Crippen molar-refractivity contribution in [2.45, 2.75) is 58.2 Å². The number of benzene rings is 2. The van der Waals surface area contributed by atoms with Crippen molar-refractivity contribution in [1.29, 1.82) is 0 Å². The van der Waals surface area contributed by atoms with Gasteiger partial charge in [-0.15, -0.1) is 0 Å². The van der Waals surface area contributed by atoms with Crippen molar-refractivity contribution in [3.63, 3.8) is 0 Å². The van der Waals surface area contributed by atoms with Crippen LogP contribution in [-0.2, 0) is 17.7 Å². The zero-order valence-electron chi connectivity index (χ0n) is 18.4. The Hall–Kier alpha value is -2.33. The molecule has 0 N–H and O–H groups in total. The lowest BCUT2D eigenvalue weighted by molar-refractivity contribution is 0.0216. The zero-order valence-corrected chi connectivity index (χ0v) is 18.4. The SMILES string of the molecule is CCc1cccc([C@H]2CN(Cc3ccccc3)C[C@@H]2N(C)C(=O)OC(C)(C)C)c1.